The number of nitrogens with one attached hydrogen (secondary N) is 1. The number of allylic oxidation sites excluding steroid dienone is 1. The minimum Gasteiger partial charge on any atom is -0.462 e. The average molecular weight is 434 g/mol. The van der Waals surface area contributed by atoms with Crippen molar-refractivity contribution in [1.29, 1.82) is 0 Å². The predicted octanol–water partition coefficient (Wildman–Crippen LogP) is 3.68. The molecule has 1 N–H and O–H groups in total. The van der Waals surface area contributed by atoms with Gasteiger partial charge in [-0.1, -0.05) is 33.3 Å². The van der Waals surface area contributed by atoms with E-state index < -0.39 is 0 Å². The van der Waals surface area contributed by atoms with E-state index in [2.05, 4.69) is 33.0 Å². The first-order chi connectivity index (χ1) is 14.5. The van der Waals surface area contributed by atoms with Crippen LogP contribution in [-0.4, -0.2) is 44.0 Å². The van der Waals surface area contributed by atoms with Gasteiger partial charge in [0.15, 0.2) is 0 Å². The van der Waals surface area contributed by atoms with Gasteiger partial charge in [-0.05, 0) is 55.9 Å². The summed E-state index contributed by atoms with van der Waals surface area (Å²) < 4.78 is 10.9. The molecule has 0 radical (unpaired) electrons. The molecule has 174 valence electrons. The summed E-state index contributed by atoms with van der Waals surface area (Å²) in [6.45, 7) is 11.2. The Morgan fingerprint density at radius 1 is 1.23 bits per heavy atom. The smallest absolute Gasteiger partial charge is 0.330 e. The third kappa shape index (κ3) is 4.46. The monoisotopic (exact) mass is 433 g/mol. The zero-order chi connectivity index (χ0) is 23.0. The standard InChI is InChI=1S/C25H39NO5/c1-15-17(13-22(29)30-12-11-26-6)7-8-18-23(15)19(28)14-20-24(3,4)21(31-16(2)27)9-10-25(18,20)5/h13,15,18,20-21,23,26H,7-12,14H2,1-6H3/b17-13+/t15-,18-,20-,21-,23-,25+/m0/s1. The van der Waals surface area contributed by atoms with E-state index in [4.69, 9.17) is 9.47 Å². The van der Waals surface area contributed by atoms with Crippen LogP contribution in [0.5, 0.6) is 0 Å². The minimum absolute atomic E-state index is 0.0336. The number of hydrogen-bond acceptors (Lipinski definition) is 6. The summed E-state index contributed by atoms with van der Waals surface area (Å²) in [6.07, 6.45) is 5.55. The van der Waals surface area contributed by atoms with E-state index in [-0.39, 0.29) is 46.6 Å². The molecule has 6 atom stereocenters. The quantitative estimate of drug-likeness (QED) is 0.405. The first-order valence-electron chi connectivity index (χ1n) is 11.7. The fourth-order valence-electron chi connectivity index (χ4n) is 6.95. The molecule has 6 nitrogen and oxygen atoms in total. The third-order valence-electron chi connectivity index (χ3n) is 8.60. The molecular formula is C25H39NO5. The third-order valence-corrected chi connectivity index (χ3v) is 8.60. The maximum atomic E-state index is 13.4. The number of ether oxygens (including phenoxy) is 2. The van der Waals surface area contributed by atoms with Crippen LogP contribution in [0.15, 0.2) is 11.6 Å². The minimum atomic E-state index is -0.314. The fraction of sp³-hybridized carbons (Fsp3) is 0.800. The molecule has 6 heteroatoms. The van der Waals surface area contributed by atoms with Crippen LogP contribution in [-0.2, 0) is 23.9 Å². The number of hydrogen-bond donors (Lipinski definition) is 1. The SMILES string of the molecule is CNCCOC(=O)/C=C1\CC[C@H]2[C@@H](C(=O)C[C@H]3C(C)(C)[C@@H](OC(C)=O)CC[C@]23C)[C@H]1C. The van der Waals surface area contributed by atoms with Gasteiger partial charge in [-0.3, -0.25) is 9.59 Å². The van der Waals surface area contributed by atoms with Gasteiger partial charge in [-0.25, -0.2) is 4.79 Å². The Morgan fingerprint density at radius 3 is 2.58 bits per heavy atom. The summed E-state index contributed by atoms with van der Waals surface area (Å²) >= 11 is 0. The molecule has 0 unspecified atom stereocenters. The maximum Gasteiger partial charge on any atom is 0.330 e. The van der Waals surface area contributed by atoms with Crippen molar-refractivity contribution in [2.24, 2.45) is 34.5 Å². The molecule has 0 heterocycles. The Labute approximate surface area is 186 Å². The number of Topliss-reactive ketones (excluding diaryl/α,β-unsaturated/α-hetero) is 1. The molecule has 0 aromatic carbocycles. The molecular weight excluding hydrogens is 394 g/mol. The van der Waals surface area contributed by atoms with Gasteiger partial charge in [-0.2, -0.15) is 0 Å². The lowest BCUT2D eigenvalue weighted by Gasteiger charge is -2.62. The van der Waals surface area contributed by atoms with Crippen LogP contribution in [0.2, 0.25) is 0 Å². The van der Waals surface area contributed by atoms with E-state index in [1.54, 1.807) is 6.08 Å². The molecule has 0 aromatic heterocycles. The number of likely N-dealkylation sites (N-methyl/N-ethyl adjacent to an activating group) is 1. The van der Waals surface area contributed by atoms with E-state index >= 15 is 0 Å². The fourth-order valence-corrected chi connectivity index (χ4v) is 6.95. The lowest BCUT2D eigenvalue weighted by Crippen LogP contribution is -2.60. The highest BCUT2D eigenvalue weighted by atomic mass is 16.5. The predicted molar refractivity (Wildman–Crippen MR) is 118 cm³/mol. The second kappa shape index (κ2) is 9.05. The van der Waals surface area contributed by atoms with E-state index in [9.17, 15) is 14.4 Å². The zero-order valence-corrected chi connectivity index (χ0v) is 20.0. The normalized spacial score (nSPS) is 38.2. The van der Waals surface area contributed by atoms with Gasteiger partial charge in [0, 0.05) is 37.3 Å². The number of carbonyl (C=O) groups excluding carboxylic acids is 3. The van der Waals surface area contributed by atoms with Crippen LogP contribution in [0.3, 0.4) is 0 Å². The van der Waals surface area contributed by atoms with Crippen LogP contribution in [0, 0.1) is 34.5 Å². The molecule has 0 aromatic rings. The Balaban J connectivity index is 1.81. The Morgan fingerprint density at radius 2 is 1.94 bits per heavy atom. The average Bonchev–Trinajstić information content (AvgIpc) is 2.68. The molecule has 0 saturated heterocycles. The second-order valence-electron chi connectivity index (χ2n) is 10.6. The van der Waals surface area contributed by atoms with Gasteiger partial charge >= 0.3 is 11.9 Å². The van der Waals surface area contributed by atoms with Crippen molar-refractivity contribution in [3.05, 3.63) is 11.6 Å². The number of ketones is 1. The summed E-state index contributed by atoms with van der Waals surface area (Å²) in [5, 5.41) is 2.96. The van der Waals surface area contributed by atoms with Crippen molar-refractivity contribution in [2.45, 2.75) is 72.8 Å². The molecule has 0 bridgehead atoms. The van der Waals surface area contributed by atoms with Gasteiger partial charge < -0.3 is 14.8 Å². The van der Waals surface area contributed by atoms with E-state index in [1.165, 1.54) is 6.92 Å². The largest absolute Gasteiger partial charge is 0.462 e. The van der Waals surface area contributed by atoms with Crippen LogP contribution >= 0.6 is 0 Å². The van der Waals surface area contributed by atoms with Crippen molar-refractivity contribution in [2.75, 3.05) is 20.2 Å². The van der Waals surface area contributed by atoms with Gasteiger partial charge in [0.25, 0.3) is 0 Å². The van der Waals surface area contributed by atoms with Gasteiger partial charge in [0.05, 0.1) is 0 Å². The Kier molecular flexibility index (Phi) is 6.99. The second-order valence-corrected chi connectivity index (χ2v) is 10.6. The first kappa shape index (κ1) is 24.0. The van der Waals surface area contributed by atoms with Crippen LogP contribution < -0.4 is 5.32 Å². The lowest BCUT2D eigenvalue weighted by atomic mass is 9.42. The van der Waals surface area contributed by atoms with Crippen molar-refractivity contribution < 1.29 is 23.9 Å². The summed E-state index contributed by atoms with van der Waals surface area (Å²) in [5.41, 5.74) is 0.834. The Bertz CT molecular complexity index is 757. The van der Waals surface area contributed by atoms with Crippen LogP contribution in [0.4, 0.5) is 0 Å². The van der Waals surface area contributed by atoms with Gasteiger partial charge in [0.1, 0.15) is 18.5 Å². The van der Waals surface area contributed by atoms with Crippen molar-refractivity contribution in [3.8, 4) is 0 Å². The summed E-state index contributed by atoms with van der Waals surface area (Å²) in [5.74, 6) is 0.225. The Hall–Kier alpha value is -1.69. The summed E-state index contributed by atoms with van der Waals surface area (Å²) in [7, 11) is 1.82. The molecule has 3 rings (SSSR count). The highest BCUT2D eigenvalue weighted by Gasteiger charge is 2.62. The van der Waals surface area contributed by atoms with Gasteiger partial charge in [-0.15, -0.1) is 0 Å². The molecule has 0 aliphatic heterocycles. The molecule has 3 aliphatic carbocycles. The highest BCUT2D eigenvalue weighted by molar-refractivity contribution is 5.86. The number of fused-ring (bicyclic) bond motifs is 3. The van der Waals surface area contributed by atoms with Crippen molar-refractivity contribution in [3.63, 3.8) is 0 Å². The topological polar surface area (TPSA) is 81.7 Å². The molecule has 3 saturated carbocycles. The number of esters is 2. The highest BCUT2D eigenvalue weighted by Crippen LogP contribution is 2.64. The van der Waals surface area contributed by atoms with Crippen LogP contribution in [0.1, 0.15) is 66.7 Å². The summed E-state index contributed by atoms with van der Waals surface area (Å²) in [4.78, 5) is 37.3. The maximum absolute atomic E-state index is 13.4. The molecule has 0 amide bonds. The van der Waals surface area contributed by atoms with E-state index in [0.717, 1.165) is 31.3 Å². The van der Waals surface area contributed by atoms with Crippen molar-refractivity contribution >= 4 is 17.7 Å². The van der Waals surface area contributed by atoms with Crippen LogP contribution in [0.25, 0.3) is 0 Å². The first-order valence-corrected chi connectivity index (χ1v) is 11.7. The summed E-state index contributed by atoms with van der Waals surface area (Å²) in [6, 6.07) is 0. The van der Waals surface area contributed by atoms with Crippen molar-refractivity contribution in [1.82, 2.24) is 5.32 Å². The van der Waals surface area contributed by atoms with E-state index in [0.29, 0.717) is 31.3 Å². The number of carbonyl (C=O) groups is 3. The molecule has 0 spiro atoms. The zero-order valence-electron chi connectivity index (χ0n) is 20.0. The molecule has 31 heavy (non-hydrogen) atoms. The molecule has 3 fully saturated rings. The lowest BCUT2D eigenvalue weighted by molar-refractivity contribution is -0.187. The van der Waals surface area contributed by atoms with Gasteiger partial charge in [0.2, 0.25) is 0 Å². The molecule has 3 aliphatic rings. The van der Waals surface area contributed by atoms with E-state index in [1.807, 2.05) is 7.05 Å². The number of rotatable bonds is 5.